The number of halogens is 3. The minimum absolute atomic E-state index is 0.132. The predicted molar refractivity (Wildman–Crippen MR) is 93.6 cm³/mol. The van der Waals surface area contributed by atoms with Gasteiger partial charge in [0, 0.05) is 5.69 Å². The first-order valence-electron chi connectivity index (χ1n) is 7.60. The highest BCUT2D eigenvalue weighted by Gasteiger charge is 2.16. The number of thioether (sulfide) groups is 1. The standard InChI is InChI=1S/C17H13F3N4O2S/c1-26-11-4-2-10(3-5-11)24-9-21-23-17(24)27-8-14(25)22-13-7-6-12(18)15(19)16(13)20/h2-7,9H,8H2,1H3,(H,22,25). The molecule has 0 bridgehead atoms. The Balaban J connectivity index is 1.66. The van der Waals surface area contributed by atoms with Crippen molar-refractivity contribution in [3.05, 3.63) is 60.2 Å². The van der Waals surface area contributed by atoms with Gasteiger partial charge in [0.25, 0.3) is 0 Å². The highest BCUT2D eigenvalue weighted by Crippen LogP contribution is 2.23. The van der Waals surface area contributed by atoms with E-state index < -0.39 is 29.0 Å². The van der Waals surface area contributed by atoms with E-state index in [4.69, 9.17) is 4.74 Å². The Bertz CT molecular complexity index is 963. The Morgan fingerprint density at radius 1 is 1.15 bits per heavy atom. The van der Waals surface area contributed by atoms with Crippen molar-refractivity contribution < 1.29 is 22.7 Å². The van der Waals surface area contributed by atoms with Crippen molar-refractivity contribution >= 4 is 23.4 Å². The van der Waals surface area contributed by atoms with Gasteiger partial charge in [-0.05, 0) is 36.4 Å². The zero-order valence-electron chi connectivity index (χ0n) is 13.9. The van der Waals surface area contributed by atoms with Gasteiger partial charge in [-0.3, -0.25) is 9.36 Å². The van der Waals surface area contributed by atoms with E-state index in [0.717, 1.165) is 29.6 Å². The van der Waals surface area contributed by atoms with Crippen LogP contribution in [0.2, 0.25) is 0 Å². The van der Waals surface area contributed by atoms with Gasteiger partial charge in [-0.15, -0.1) is 10.2 Å². The molecule has 0 radical (unpaired) electrons. The summed E-state index contributed by atoms with van der Waals surface area (Å²) in [6.45, 7) is 0. The second-order valence-corrected chi connectivity index (χ2v) is 6.18. The molecule has 0 spiro atoms. The van der Waals surface area contributed by atoms with Gasteiger partial charge in [0.05, 0.1) is 18.6 Å². The zero-order chi connectivity index (χ0) is 19.4. The molecule has 0 aliphatic carbocycles. The number of amides is 1. The summed E-state index contributed by atoms with van der Waals surface area (Å²) in [7, 11) is 1.56. The summed E-state index contributed by atoms with van der Waals surface area (Å²) >= 11 is 1.05. The van der Waals surface area contributed by atoms with Crippen LogP contribution >= 0.6 is 11.8 Å². The fraction of sp³-hybridized carbons (Fsp3) is 0.118. The number of nitrogens with one attached hydrogen (secondary N) is 1. The Hall–Kier alpha value is -3.01. The van der Waals surface area contributed by atoms with Crippen molar-refractivity contribution in [2.75, 3.05) is 18.2 Å². The van der Waals surface area contributed by atoms with E-state index >= 15 is 0 Å². The molecule has 1 N–H and O–H groups in total. The fourth-order valence-corrected chi connectivity index (χ4v) is 2.91. The normalized spacial score (nSPS) is 10.7. The van der Waals surface area contributed by atoms with Gasteiger partial charge >= 0.3 is 0 Å². The SMILES string of the molecule is COc1ccc(-n2cnnc2SCC(=O)Nc2ccc(F)c(F)c2F)cc1. The van der Waals surface area contributed by atoms with Crippen LogP contribution in [0, 0.1) is 17.5 Å². The third kappa shape index (κ3) is 4.22. The van der Waals surface area contributed by atoms with Crippen LogP contribution in [0.3, 0.4) is 0 Å². The van der Waals surface area contributed by atoms with Crippen LogP contribution in [0.5, 0.6) is 5.75 Å². The van der Waals surface area contributed by atoms with Crippen molar-refractivity contribution in [1.82, 2.24) is 14.8 Å². The van der Waals surface area contributed by atoms with E-state index in [1.807, 2.05) is 0 Å². The van der Waals surface area contributed by atoms with E-state index in [1.54, 1.807) is 35.9 Å². The maximum absolute atomic E-state index is 13.6. The number of carbonyl (C=O) groups is 1. The molecular weight excluding hydrogens is 381 g/mol. The summed E-state index contributed by atoms with van der Waals surface area (Å²) in [6, 6.07) is 8.81. The van der Waals surface area contributed by atoms with Crippen LogP contribution in [0.15, 0.2) is 47.9 Å². The molecule has 10 heteroatoms. The number of anilines is 1. The number of ether oxygens (including phenoxy) is 1. The molecule has 0 fully saturated rings. The number of nitrogens with zero attached hydrogens (tertiary/aromatic N) is 3. The maximum Gasteiger partial charge on any atom is 0.234 e. The number of carbonyl (C=O) groups excluding carboxylic acids is 1. The third-order valence-corrected chi connectivity index (χ3v) is 4.45. The average Bonchev–Trinajstić information content (AvgIpc) is 3.15. The van der Waals surface area contributed by atoms with Crippen molar-refractivity contribution in [3.8, 4) is 11.4 Å². The summed E-state index contributed by atoms with van der Waals surface area (Å²) in [6.07, 6.45) is 1.48. The van der Waals surface area contributed by atoms with E-state index in [9.17, 15) is 18.0 Å². The number of aromatic nitrogens is 3. The number of rotatable bonds is 6. The molecule has 0 saturated heterocycles. The van der Waals surface area contributed by atoms with E-state index in [-0.39, 0.29) is 5.75 Å². The summed E-state index contributed by atoms with van der Waals surface area (Å²) in [4.78, 5) is 12.0. The number of benzene rings is 2. The lowest BCUT2D eigenvalue weighted by Crippen LogP contribution is -2.16. The molecule has 6 nitrogen and oxygen atoms in total. The summed E-state index contributed by atoms with van der Waals surface area (Å²) in [5.41, 5.74) is 0.325. The number of methoxy groups -OCH3 is 1. The largest absolute Gasteiger partial charge is 0.497 e. The van der Waals surface area contributed by atoms with Gasteiger partial charge in [-0.25, -0.2) is 13.2 Å². The van der Waals surface area contributed by atoms with Crippen LogP contribution < -0.4 is 10.1 Å². The molecule has 140 valence electrons. The lowest BCUT2D eigenvalue weighted by molar-refractivity contribution is -0.113. The fourth-order valence-electron chi connectivity index (χ4n) is 2.18. The Morgan fingerprint density at radius 3 is 2.59 bits per heavy atom. The number of hydrogen-bond donors (Lipinski definition) is 1. The van der Waals surface area contributed by atoms with Crippen LogP contribution in [0.25, 0.3) is 5.69 Å². The summed E-state index contributed by atoms with van der Waals surface area (Å²) < 4.78 is 46.5. The first-order valence-corrected chi connectivity index (χ1v) is 8.58. The Labute approximate surface area is 156 Å². The summed E-state index contributed by atoms with van der Waals surface area (Å²) in [5, 5.41) is 10.4. The van der Waals surface area contributed by atoms with Crippen LogP contribution in [0.1, 0.15) is 0 Å². The van der Waals surface area contributed by atoms with Crippen molar-refractivity contribution in [1.29, 1.82) is 0 Å². The molecule has 0 saturated carbocycles. The molecule has 1 heterocycles. The molecule has 0 atom stereocenters. The molecule has 0 aliphatic heterocycles. The molecule has 2 aromatic carbocycles. The smallest absolute Gasteiger partial charge is 0.234 e. The molecule has 1 amide bonds. The lowest BCUT2D eigenvalue weighted by atomic mass is 10.3. The van der Waals surface area contributed by atoms with Crippen LogP contribution in [-0.4, -0.2) is 33.5 Å². The van der Waals surface area contributed by atoms with E-state index in [0.29, 0.717) is 10.9 Å². The highest BCUT2D eigenvalue weighted by atomic mass is 32.2. The van der Waals surface area contributed by atoms with Gasteiger partial charge in [-0.1, -0.05) is 11.8 Å². The van der Waals surface area contributed by atoms with Crippen molar-refractivity contribution in [3.63, 3.8) is 0 Å². The first kappa shape index (κ1) is 18.8. The molecule has 27 heavy (non-hydrogen) atoms. The topological polar surface area (TPSA) is 69.0 Å². The van der Waals surface area contributed by atoms with Gasteiger partial charge in [-0.2, -0.15) is 0 Å². The predicted octanol–water partition coefficient (Wildman–Crippen LogP) is 3.42. The van der Waals surface area contributed by atoms with Crippen molar-refractivity contribution in [2.24, 2.45) is 0 Å². The molecule has 3 aromatic rings. The first-order chi connectivity index (χ1) is 13.0. The molecular formula is C17H13F3N4O2S. The lowest BCUT2D eigenvalue weighted by Gasteiger charge is -2.08. The second-order valence-electron chi connectivity index (χ2n) is 5.24. The monoisotopic (exact) mass is 394 g/mol. The van der Waals surface area contributed by atoms with E-state index in [1.165, 1.54) is 6.33 Å². The van der Waals surface area contributed by atoms with E-state index in [2.05, 4.69) is 15.5 Å². The molecule has 1 aromatic heterocycles. The number of hydrogen-bond acceptors (Lipinski definition) is 5. The maximum atomic E-state index is 13.6. The second kappa shape index (κ2) is 8.12. The minimum atomic E-state index is -1.64. The van der Waals surface area contributed by atoms with Crippen LogP contribution in [-0.2, 0) is 4.79 Å². The van der Waals surface area contributed by atoms with Gasteiger partial charge < -0.3 is 10.1 Å². The average molecular weight is 394 g/mol. The van der Waals surface area contributed by atoms with Gasteiger partial charge in [0.2, 0.25) is 5.91 Å². The van der Waals surface area contributed by atoms with Crippen molar-refractivity contribution in [2.45, 2.75) is 5.16 Å². The van der Waals surface area contributed by atoms with Gasteiger partial charge in [0.15, 0.2) is 22.6 Å². The molecule has 0 aliphatic rings. The van der Waals surface area contributed by atoms with Crippen LogP contribution in [0.4, 0.5) is 18.9 Å². The summed E-state index contributed by atoms with van der Waals surface area (Å²) in [5.74, 6) is -4.46. The zero-order valence-corrected chi connectivity index (χ0v) is 14.8. The highest BCUT2D eigenvalue weighted by molar-refractivity contribution is 7.99. The molecule has 3 rings (SSSR count). The Kier molecular flexibility index (Phi) is 5.65. The Morgan fingerprint density at radius 2 is 1.89 bits per heavy atom. The van der Waals surface area contributed by atoms with Gasteiger partial charge in [0.1, 0.15) is 12.1 Å². The molecule has 0 unspecified atom stereocenters. The minimum Gasteiger partial charge on any atom is -0.497 e. The quantitative estimate of drug-likeness (QED) is 0.513. The third-order valence-electron chi connectivity index (χ3n) is 3.51.